The number of halogens is 1. The summed E-state index contributed by atoms with van der Waals surface area (Å²) < 4.78 is 19.8. The molecule has 1 aliphatic rings. The fourth-order valence-electron chi connectivity index (χ4n) is 4.14. The Morgan fingerprint density at radius 2 is 1.81 bits per heavy atom. The molecule has 0 spiro atoms. The molecular weight excluding hydrogens is 556 g/mol. The lowest BCUT2D eigenvalue weighted by Gasteiger charge is -2.26. The third-order valence-corrected chi connectivity index (χ3v) is 7.10. The van der Waals surface area contributed by atoms with Crippen molar-refractivity contribution in [3.63, 3.8) is 0 Å². The molecule has 7 nitrogen and oxygen atoms in total. The van der Waals surface area contributed by atoms with Gasteiger partial charge >= 0.3 is 5.97 Å². The van der Waals surface area contributed by atoms with Gasteiger partial charge in [-0.1, -0.05) is 39.4 Å². The lowest BCUT2D eigenvalue weighted by Crippen LogP contribution is -2.40. The molecule has 4 rings (SSSR count). The van der Waals surface area contributed by atoms with Gasteiger partial charge in [-0.15, -0.1) is 0 Å². The molecule has 0 bridgehead atoms. The minimum Gasteiger partial charge on any atom is -0.496 e. The average Bonchev–Trinajstić information content (AvgIpc) is 3.12. The number of nitrogens with zero attached hydrogens (tertiary/aromatic N) is 2. The molecule has 37 heavy (non-hydrogen) atoms. The minimum atomic E-state index is -0.765. The van der Waals surface area contributed by atoms with Gasteiger partial charge in [-0.2, -0.15) is 0 Å². The van der Waals surface area contributed by atoms with Crippen molar-refractivity contribution in [3.8, 4) is 11.5 Å². The van der Waals surface area contributed by atoms with Crippen LogP contribution in [0.25, 0.3) is 6.08 Å². The molecule has 0 saturated heterocycles. The predicted molar refractivity (Wildman–Crippen MR) is 148 cm³/mol. The second-order valence-corrected chi connectivity index (χ2v) is 11.1. The van der Waals surface area contributed by atoms with E-state index < -0.39 is 12.0 Å². The molecule has 0 fully saturated rings. The van der Waals surface area contributed by atoms with E-state index in [4.69, 9.17) is 14.2 Å². The number of esters is 1. The van der Waals surface area contributed by atoms with Crippen LogP contribution in [0, 0.1) is 0 Å². The molecular formula is C28H29BrN2O5S. The van der Waals surface area contributed by atoms with Crippen LogP contribution in [-0.2, 0) is 9.53 Å². The lowest BCUT2D eigenvalue weighted by molar-refractivity contribution is -0.143. The normalized spacial score (nSPS) is 15.6. The van der Waals surface area contributed by atoms with Crippen LogP contribution in [0.5, 0.6) is 11.5 Å². The van der Waals surface area contributed by atoms with Crippen LogP contribution in [0.1, 0.15) is 51.8 Å². The van der Waals surface area contributed by atoms with Gasteiger partial charge in [-0.3, -0.25) is 9.36 Å². The number of benzene rings is 2. The molecule has 3 aromatic rings. The van der Waals surface area contributed by atoms with E-state index in [2.05, 4.69) is 20.9 Å². The fraction of sp³-hybridized carbons (Fsp3) is 0.321. The summed E-state index contributed by atoms with van der Waals surface area (Å²) in [7, 11) is 1.56. The number of rotatable bonds is 7. The molecule has 0 aliphatic carbocycles. The smallest absolute Gasteiger partial charge is 0.338 e. The van der Waals surface area contributed by atoms with Crippen molar-refractivity contribution in [2.45, 2.75) is 52.9 Å². The molecule has 1 aromatic heterocycles. The maximum atomic E-state index is 13.8. The minimum absolute atomic E-state index is 0.0735. The summed E-state index contributed by atoms with van der Waals surface area (Å²) in [5.74, 6) is 0.797. The van der Waals surface area contributed by atoms with Crippen LogP contribution >= 0.6 is 27.3 Å². The Morgan fingerprint density at radius 1 is 1.11 bits per heavy atom. The Morgan fingerprint density at radius 3 is 2.43 bits per heavy atom. The highest BCUT2D eigenvalue weighted by Gasteiger charge is 2.35. The van der Waals surface area contributed by atoms with Crippen molar-refractivity contribution in [1.82, 2.24) is 4.57 Å². The van der Waals surface area contributed by atoms with Crippen molar-refractivity contribution >= 4 is 39.3 Å². The number of fused-ring (bicyclic) bond motifs is 1. The number of hydrogen-bond acceptors (Lipinski definition) is 7. The molecule has 0 amide bonds. The number of thiazole rings is 1. The van der Waals surface area contributed by atoms with E-state index in [1.807, 2.05) is 56.3 Å². The summed E-state index contributed by atoms with van der Waals surface area (Å²) in [5.41, 5.74) is 2.07. The van der Waals surface area contributed by atoms with Gasteiger partial charge in [0.05, 0.1) is 35.1 Å². The third kappa shape index (κ3) is 5.72. The van der Waals surface area contributed by atoms with Gasteiger partial charge in [-0.25, -0.2) is 9.79 Å². The van der Waals surface area contributed by atoms with Crippen molar-refractivity contribution in [1.29, 1.82) is 0 Å². The molecule has 2 aromatic carbocycles. The van der Waals surface area contributed by atoms with Gasteiger partial charge in [-0.05, 0) is 76.6 Å². The molecule has 2 heterocycles. The van der Waals surface area contributed by atoms with E-state index in [9.17, 15) is 9.59 Å². The summed E-state index contributed by atoms with van der Waals surface area (Å²) in [6, 6.07) is 12.3. The summed E-state index contributed by atoms with van der Waals surface area (Å²) in [4.78, 5) is 32.3. The van der Waals surface area contributed by atoms with Crippen molar-refractivity contribution in [2.24, 2.45) is 4.99 Å². The van der Waals surface area contributed by atoms with E-state index in [1.165, 1.54) is 11.3 Å². The average molecular weight is 586 g/mol. The van der Waals surface area contributed by atoms with Crippen LogP contribution in [0.15, 0.2) is 68.0 Å². The van der Waals surface area contributed by atoms with Crippen molar-refractivity contribution in [2.75, 3.05) is 7.11 Å². The first-order valence-corrected chi connectivity index (χ1v) is 13.5. The van der Waals surface area contributed by atoms with Gasteiger partial charge in [0.25, 0.3) is 5.56 Å². The van der Waals surface area contributed by atoms with Crippen molar-refractivity contribution in [3.05, 3.63) is 89.0 Å². The zero-order valence-corrected chi connectivity index (χ0v) is 24.0. The van der Waals surface area contributed by atoms with Crippen LogP contribution < -0.4 is 24.4 Å². The molecule has 0 unspecified atom stereocenters. The first-order valence-electron chi connectivity index (χ1n) is 11.9. The summed E-state index contributed by atoms with van der Waals surface area (Å²) in [6.07, 6.45) is 1.57. The number of aromatic nitrogens is 1. The molecule has 194 valence electrons. The van der Waals surface area contributed by atoms with Crippen molar-refractivity contribution < 1.29 is 19.0 Å². The fourth-order valence-corrected chi connectivity index (χ4v) is 5.56. The largest absolute Gasteiger partial charge is 0.496 e. The highest BCUT2D eigenvalue weighted by Crippen LogP contribution is 2.37. The Hall–Kier alpha value is -3.17. The molecule has 9 heteroatoms. The topological polar surface area (TPSA) is 79.1 Å². The highest BCUT2D eigenvalue weighted by atomic mass is 79.9. The predicted octanol–water partition coefficient (Wildman–Crippen LogP) is 4.75. The Kier molecular flexibility index (Phi) is 8.04. The molecule has 1 aliphatic heterocycles. The van der Waals surface area contributed by atoms with Gasteiger partial charge in [0, 0.05) is 10.0 Å². The molecule has 0 saturated carbocycles. The zero-order valence-electron chi connectivity index (χ0n) is 21.6. The van der Waals surface area contributed by atoms with Crippen LogP contribution in [-0.4, -0.2) is 29.9 Å². The number of allylic oxidation sites excluding steroid dienone is 1. The maximum Gasteiger partial charge on any atom is 0.338 e. The van der Waals surface area contributed by atoms with Gasteiger partial charge in [0.2, 0.25) is 0 Å². The van der Waals surface area contributed by atoms with Crippen LogP contribution in [0.2, 0.25) is 0 Å². The van der Waals surface area contributed by atoms with Crippen LogP contribution in [0.4, 0.5) is 0 Å². The van der Waals surface area contributed by atoms with E-state index in [0.29, 0.717) is 31.9 Å². The monoisotopic (exact) mass is 584 g/mol. The number of ether oxygens (including phenoxy) is 3. The zero-order chi connectivity index (χ0) is 26.9. The Labute approximate surface area is 227 Å². The Bertz CT molecular complexity index is 1530. The summed E-state index contributed by atoms with van der Waals surface area (Å²) in [6.45, 7) is 9.28. The Balaban J connectivity index is 1.91. The number of hydrogen-bond donors (Lipinski definition) is 0. The second kappa shape index (κ2) is 11.1. The number of carbonyl (C=O) groups is 1. The van der Waals surface area contributed by atoms with Gasteiger partial charge in [0.1, 0.15) is 17.5 Å². The third-order valence-electron chi connectivity index (χ3n) is 5.62. The maximum absolute atomic E-state index is 13.8. The molecule has 0 N–H and O–H groups in total. The molecule has 1 atom stereocenters. The van der Waals surface area contributed by atoms with E-state index in [-0.39, 0.29) is 17.8 Å². The van der Waals surface area contributed by atoms with Crippen LogP contribution in [0.3, 0.4) is 0 Å². The second-order valence-electron chi connectivity index (χ2n) is 9.16. The van der Waals surface area contributed by atoms with E-state index in [1.54, 1.807) is 38.5 Å². The number of methoxy groups -OCH3 is 1. The first kappa shape index (κ1) is 26.9. The van der Waals surface area contributed by atoms with E-state index >= 15 is 0 Å². The summed E-state index contributed by atoms with van der Waals surface area (Å²) >= 11 is 4.80. The lowest BCUT2D eigenvalue weighted by atomic mass is 9.95. The van der Waals surface area contributed by atoms with E-state index in [0.717, 1.165) is 15.8 Å². The molecule has 0 radical (unpaired) electrons. The summed E-state index contributed by atoms with van der Waals surface area (Å²) in [5, 5.41) is 0. The quantitative estimate of drug-likeness (QED) is 0.375. The standard InChI is InChI=1S/C28H29BrN2O5S/c1-15(2)35-20-10-7-18(8-11-20)13-23-26(32)31-25(21-14-19(29)9-12-22(21)34-6)24(27(33)36-16(3)4)17(5)30-28(31)37-23/h7-16,25H,1-6H3/b23-13-/t25-/m0/s1. The van der Waals surface area contributed by atoms with Gasteiger partial charge in [0.15, 0.2) is 4.80 Å². The van der Waals surface area contributed by atoms with Gasteiger partial charge < -0.3 is 14.2 Å². The highest BCUT2D eigenvalue weighted by molar-refractivity contribution is 9.10. The SMILES string of the molecule is COc1ccc(Br)cc1[C@H]1C(C(=O)OC(C)C)=C(C)N=c2s/c(=C\c3ccc(OC(C)C)cc3)c(=O)n21. The first-order chi connectivity index (χ1) is 17.6. The number of carbonyl (C=O) groups excluding carboxylic acids is 1.